The summed E-state index contributed by atoms with van der Waals surface area (Å²) in [4.78, 5) is 4.60. The van der Waals surface area contributed by atoms with Crippen molar-refractivity contribution in [2.45, 2.75) is 19.9 Å². The molecule has 1 aliphatic heterocycles. The lowest BCUT2D eigenvalue weighted by Crippen LogP contribution is -2.46. The van der Waals surface area contributed by atoms with E-state index in [0.29, 0.717) is 6.42 Å². The summed E-state index contributed by atoms with van der Waals surface area (Å²) >= 11 is 0. The van der Waals surface area contributed by atoms with Crippen LogP contribution in [0.25, 0.3) is 0 Å². The normalized spacial score (nSPS) is 15.8. The van der Waals surface area contributed by atoms with Crippen molar-refractivity contribution in [2.24, 2.45) is 0 Å². The molecule has 0 unspecified atom stereocenters. The lowest BCUT2D eigenvalue weighted by atomic mass is 10.2. The Morgan fingerprint density at radius 1 is 1.00 bits per heavy atom. The lowest BCUT2D eigenvalue weighted by Gasteiger charge is -2.35. The first kappa shape index (κ1) is 18.6. The van der Waals surface area contributed by atoms with E-state index in [9.17, 15) is 8.42 Å². The van der Waals surface area contributed by atoms with Crippen molar-refractivity contribution < 1.29 is 8.42 Å². The molecule has 0 amide bonds. The molecule has 0 saturated carbocycles. The molecule has 0 spiro atoms. The average molecular weight is 375 g/mol. The van der Waals surface area contributed by atoms with Gasteiger partial charge in [-0.25, -0.2) is 8.42 Å². The average Bonchev–Trinajstić information content (AvgIpc) is 2.63. The summed E-state index contributed by atoms with van der Waals surface area (Å²) in [7, 11) is -3.33. The van der Waals surface area contributed by atoms with E-state index in [2.05, 4.69) is 49.0 Å². The number of nitrogens with zero attached hydrogens (tertiary/aromatic N) is 4. The van der Waals surface area contributed by atoms with Gasteiger partial charge in [0.2, 0.25) is 10.0 Å². The Bertz CT molecular complexity index is 788. The standard InChI is InChI=1S/C18H25N5O2S/c1-2-14-26(24,25)21-17-8-9-18(20-19-17)23-12-10-22(11-13-23)15-16-6-4-3-5-7-16/h3-9H,2,10-15H2,1H3,(H,19,21). The van der Waals surface area contributed by atoms with Crippen LogP contribution in [0.1, 0.15) is 18.9 Å². The molecule has 140 valence electrons. The second-order valence-electron chi connectivity index (χ2n) is 6.45. The molecule has 1 fully saturated rings. The fraction of sp³-hybridized carbons (Fsp3) is 0.444. The Morgan fingerprint density at radius 3 is 2.35 bits per heavy atom. The highest BCUT2D eigenvalue weighted by molar-refractivity contribution is 7.92. The van der Waals surface area contributed by atoms with E-state index in [1.807, 2.05) is 19.1 Å². The van der Waals surface area contributed by atoms with Gasteiger partial charge in [-0.15, -0.1) is 10.2 Å². The summed E-state index contributed by atoms with van der Waals surface area (Å²) < 4.78 is 26.0. The van der Waals surface area contributed by atoms with Crippen molar-refractivity contribution >= 4 is 21.7 Å². The number of anilines is 2. The van der Waals surface area contributed by atoms with Crippen molar-refractivity contribution in [2.75, 3.05) is 41.6 Å². The fourth-order valence-electron chi connectivity index (χ4n) is 3.00. The van der Waals surface area contributed by atoms with Gasteiger partial charge in [0.05, 0.1) is 5.75 Å². The molecule has 1 aromatic carbocycles. The van der Waals surface area contributed by atoms with Gasteiger partial charge in [0.25, 0.3) is 0 Å². The molecule has 1 aliphatic rings. The highest BCUT2D eigenvalue weighted by Crippen LogP contribution is 2.16. The maximum Gasteiger partial charge on any atom is 0.233 e. The van der Waals surface area contributed by atoms with Gasteiger partial charge in [0.15, 0.2) is 11.6 Å². The lowest BCUT2D eigenvalue weighted by molar-refractivity contribution is 0.249. The van der Waals surface area contributed by atoms with Crippen LogP contribution < -0.4 is 9.62 Å². The quantitative estimate of drug-likeness (QED) is 0.797. The third kappa shape index (κ3) is 5.15. The van der Waals surface area contributed by atoms with Crippen LogP contribution in [0.4, 0.5) is 11.6 Å². The zero-order valence-electron chi connectivity index (χ0n) is 15.0. The molecule has 1 aromatic heterocycles. The van der Waals surface area contributed by atoms with Crippen molar-refractivity contribution in [3.8, 4) is 0 Å². The zero-order valence-corrected chi connectivity index (χ0v) is 15.8. The molecule has 3 rings (SSSR count). The highest BCUT2D eigenvalue weighted by Gasteiger charge is 2.19. The Morgan fingerprint density at radius 2 is 1.73 bits per heavy atom. The first-order valence-electron chi connectivity index (χ1n) is 8.91. The van der Waals surface area contributed by atoms with Crippen LogP contribution in [0, 0.1) is 0 Å². The Kier molecular flexibility index (Phi) is 6.05. The third-order valence-corrected chi connectivity index (χ3v) is 5.79. The van der Waals surface area contributed by atoms with Gasteiger partial charge in [-0.2, -0.15) is 0 Å². The molecule has 8 heteroatoms. The Hall–Kier alpha value is -2.19. The molecule has 2 heterocycles. The topological polar surface area (TPSA) is 78.4 Å². The van der Waals surface area contributed by atoms with E-state index < -0.39 is 10.0 Å². The molecule has 1 saturated heterocycles. The minimum atomic E-state index is -3.33. The van der Waals surface area contributed by atoms with E-state index in [1.54, 1.807) is 6.07 Å². The van der Waals surface area contributed by atoms with Crippen molar-refractivity contribution in [1.82, 2.24) is 15.1 Å². The van der Waals surface area contributed by atoms with E-state index in [0.717, 1.165) is 38.5 Å². The summed E-state index contributed by atoms with van der Waals surface area (Å²) in [6.45, 7) is 6.46. The third-order valence-electron chi connectivity index (χ3n) is 4.33. The molecule has 7 nitrogen and oxygen atoms in total. The van der Waals surface area contributed by atoms with Gasteiger partial charge in [0, 0.05) is 32.7 Å². The largest absolute Gasteiger partial charge is 0.353 e. The zero-order chi connectivity index (χ0) is 18.4. The molecule has 26 heavy (non-hydrogen) atoms. The maximum atomic E-state index is 11.8. The predicted molar refractivity (Wildman–Crippen MR) is 104 cm³/mol. The second-order valence-corrected chi connectivity index (χ2v) is 8.29. The van der Waals surface area contributed by atoms with Crippen molar-refractivity contribution in [3.05, 3.63) is 48.0 Å². The van der Waals surface area contributed by atoms with Crippen LogP contribution in [-0.4, -0.2) is 55.4 Å². The van der Waals surface area contributed by atoms with Gasteiger partial charge in [0.1, 0.15) is 0 Å². The number of sulfonamides is 1. The first-order valence-corrected chi connectivity index (χ1v) is 10.6. The van der Waals surface area contributed by atoms with Gasteiger partial charge >= 0.3 is 0 Å². The molecular formula is C18H25N5O2S. The second kappa shape index (κ2) is 8.46. The van der Waals surface area contributed by atoms with Crippen LogP contribution in [0.5, 0.6) is 0 Å². The summed E-state index contributed by atoms with van der Waals surface area (Å²) in [6.07, 6.45) is 0.564. The number of hydrogen-bond acceptors (Lipinski definition) is 6. The summed E-state index contributed by atoms with van der Waals surface area (Å²) in [5, 5.41) is 8.20. The number of hydrogen-bond donors (Lipinski definition) is 1. The molecule has 0 bridgehead atoms. The van der Waals surface area contributed by atoms with Crippen LogP contribution in [0.2, 0.25) is 0 Å². The van der Waals surface area contributed by atoms with Gasteiger partial charge in [-0.05, 0) is 24.1 Å². The molecule has 2 aromatic rings. The monoisotopic (exact) mass is 375 g/mol. The summed E-state index contributed by atoms with van der Waals surface area (Å²) in [5.41, 5.74) is 1.32. The van der Waals surface area contributed by atoms with Gasteiger partial charge < -0.3 is 4.90 Å². The molecule has 0 radical (unpaired) electrons. The summed E-state index contributed by atoms with van der Waals surface area (Å²) in [5.74, 6) is 1.13. The van der Waals surface area contributed by atoms with Crippen LogP contribution in [0.15, 0.2) is 42.5 Å². The molecule has 0 atom stereocenters. The SMILES string of the molecule is CCCS(=O)(=O)Nc1ccc(N2CCN(Cc3ccccc3)CC2)nn1. The smallest absolute Gasteiger partial charge is 0.233 e. The maximum absolute atomic E-state index is 11.8. The Labute approximate surface area is 155 Å². The molecular weight excluding hydrogens is 350 g/mol. The van der Waals surface area contributed by atoms with Crippen LogP contribution in [-0.2, 0) is 16.6 Å². The van der Waals surface area contributed by atoms with Crippen molar-refractivity contribution in [3.63, 3.8) is 0 Å². The highest BCUT2D eigenvalue weighted by atomic mass is 32.2. The van der Waals surface area contributed by atoms with Crippen LogP contribution >= 0.6 is 0 Å². The molecule has 1 N–H and O–H groups in total. The fourth-order valence-corrected chi connectivity index (χ4v) is 4.07. The first-order chi connectivity index (χ1) is 12.6. The number of nitrogens with one attached hydrogen (secondary N) is 1. The minimum Gasteiger partial charge on any atom is -0.353 e. The van der Waals surface area contributed by atoms with Crippen molar-refractivity contribution in [1.29, 1.82) is 0 Å². The van der Waals surface area contributed by atoms with E-state index in [4.69, 9.17) is 0 Å². The van der Waals surface area contributed by atoms with E-state index in [1.165, 1.54) is 5.56 Å². The minimum absolute atomic E-state index is 0.0831. The van der Waals surface area contributed by atoms with Gasteiger partial charge in [-0.3, -0.25) is 9.62 Å². The van der Waals surface area contributed by atoms with Gasteiger partial charge in [-0.1, -0.05) is 37.3 Å². The Balaban J connectivity index is 1.53. The predicted octanol–water partition coefficient (Wildman–Crippen LogP) is 1.95. The number of benzene rings is 1. The number of rotatable bonds is 7. The molecule has 0 aliphatic carbocycles. The summed E-state index contributed by atoms with van der Waals surface area (Å²) in [6, 6.07) is 14.0. The van der Waals surface area contributed by atoms with Crippen LogP contribution in [0.3, 0.4) is 0 Å². The van der Waals surface area contributed by atoms with E-state index >= 15 is 0 Å². The number of aromatic nitrogens is 2. The van der Waals surface area contributed by atoms with E-state index in [-0.39, 0.29) is 11.6 Å². The number of piperazine rings is 1.